The van der Waals surface area contributed by atoms with Crippen LogP contribution in [0.4, 0.5) is 5.69 Å². The topological polar surface area (TPSA) is 107 Å². The molecule has 3 rings (SSSR count). The van der Waals surface area contributed by atoms with Gasteiger partial charge < -0.3 is 15.5 Å². The first kappa shape index (κ1) is 12.9. The second-order valence-electron chi connectivity index (χ2n) is 5.17. The van der Waals surface area contributed by atoms with Crippen LogP contribution in [0.25, 0.3) is 11.0 Å². The molecule has 0 saturated heterocycles. The molecule has 106 valence electrons. The number of hydrogen-bond donors (Lipinski definition) is 2. The number of hydrogen-bond acceptors (Lipinski definition) is 5. The fourth-order valence-electron chi connectivity index (χ4n) is 2.59. The number of imidazole rings is 1. The van der Waals surface area contributed by atoms with Crippen LogP contribution in [0.2, 0.25) is 0 Å². The molecule has 20 heavy (non-hydrogen) atoms. The summed E-state index contributed by atoms with van der Waals surface area (Å²) < 4.78 is 5.79. The quantitative estimate of drug-likeness (QED) is 0.659. The molecule has 1 saturated carbocycles. The summed E-state index contributed by atoms with van der Waals surface area (Å²) in [6.45, 7) is 0. The van der Waals surface area contributed by atoms with E-state index < -0.39 is 4.92 Å². The van der Waals surface area contributed by atoms with Crippen LogP contribution in [0, 0.1) is 10.1 Å². The van der Waals surface area contributed by atoms with Crippen molar-refractivity contribution in [2.24, 2.45) is 5.73 Å². The number of H-pyrrole nitrogens is 1. The van der Waals surface area contributed by atoms with E-state index in [4.69, 9.17) is 10.5 Å². The molecule has 1 aromatic carbocycles. The highest BCUT2D eigenvalue weighted by atomic mass is 16.6. The molecular weight excluding hydrogens is 260 g/mol. The third-order valence-corrected chi connectivity index (χ3v) is 3.60. The number of nitrogens with zero attached hydrogens (tertiary/aromatic N) is 2. The Hall–Kier alpha value is -2.15. The maximum absolute atomic E-state index is 10.7. The lowest BCUT2D eigenvalue weighted by atomic mass is 9.94. The predicted octanol–water partition coefficient (Wildman–Crippen LogP) is 2.12. The minimum Gasteiger partial charge on any atom is -0.461 e. The first-order valence-electron chi connectivity index (χ1n) is 6.68. The van der Waals surface area contributed by atoms with Gasteiger partial charge in [-0.1, -0.05) is 0 Å². The molecule has 2 aromatic rings. The van der Waals surface area contributed by atoms with Gasteiger partial charge in [0.05, 0.1) is 16.0 Å². The number of aromatic nitrogens is 2. The summed E-state index contributed by atoms with van der Waals surface area (Å²) in [6, 6.07) is 5.09. The molecule has 1 aliphatic carbocycles. The molecule has 2 atom stereocenters. The van der Waals surface area contributed by atoms with E-state index in [1.165, 1.54) is 12.1 Å². The summed E-state index contributed by atoms with van der Waals surface area (Å²) in [5.41, 5.74) is 7.22. The van der Waals surface area contributed by atoms with Crippen molar-refractivity contribution in [2.45, 2.75) is 37.8 Å². The Balaban J connectivity index is 1.80. The van der Waals surface area contributed by atoms with Gasteiger partial charge in [-0.15, -0.1) is 0 Å². The molecule has 1 aromatic heterocycles. The zero-order chi connectivity index (χ0) is 14.1. The van der Waals surface area contributed by atoms with E-state index in [-0.39, 0.29) is 17.8 Å². The molecule has 2 unspecified atom stereocenters. The number of rotatable bonds is 3. The number of ether oxygens (including phenoxy) is 1. The maximum atomic E-state index is 10.7. The fourth-order valence-corrected chi connectivity index (χ4v) is 2.59. The highest BCUT2D eigenvalue weighted by Crippen LogP contribution is 2.25. The number of fused-ring (bicyclic) bond motifs is 1. The number of nitro benzene ring substituents is 1. The normalized spacial score (nSPS) is 22.9. The van der Waals surface area contributed by atoms with Gasteiger partial charge >= 0.3 is 0 Å². The van der Waals surface area contributed by atoms with Crippen LogP contribution in [-0.2, 0) is 0 Å². The number of nitrogens with two attached hydrogens (primary N) is 1. The molecule has 7 heteroatoms. The van der Waals surface area contributed by atoms with E-state index in [0.717, 1.165) is 25.7 Å². The first-order valence-corrected chi connectivity index (χ1v) is 6.68. The van der Waals surface area contributed by atoms with Crippen molar-refractivity contribution in [3.63, 3.8) is 0 Å². The van der Waals surface area contributed by atoms with Crippen LogP contribution in [0.5, 0.6) is 6.01 Å². The summed E-state index contributed by atoms with van der Waals surface area (Å²) in [6.07, 6.45) is 3.93. The SMILES string of the molecule is NC1CCCC(Oc2nc3ccc([N+](=O)[O-])cc3[nH]2)C1. The van der Waals surface area contributed by atoms with Gasteiger partial charge in [-0.3, -0.25) is 10.1 Å². The predicted molar refractivity (Wildman–Crippen MR) is 73.6 cm³/mol. The number of nitro groups is 1. The van der Waals surface area contributed by atoms with E-state index in [9.17, 15) is 10.1 Å². The van der Waals surface area contributed by atoms with Crippen molar-refractivity contribution in [3.05, 3.63) is 28.3 Å². The number of aromatic amines is 1. The third-order valence-electron chi connectivity index (χ3n) is 3.60. The maximum Gasteiger partial charge on any atom is 0.294 e. The minimum absolute atomic E-state index is 0.0346. The van der Waals surface area contributed by atoms with Crippen molar-refractivity contribution in [3.8, 4) is 6.01 Å². The van der Waals surface area contributed by atoms with Crippen LogP contribution in [0.3, 0.4) is 0 Å². The molecule has 0 amide bonds. The summed E-state index contributed by atoms with van der Waals surface area (Å²) in [5.74, 6) is 0. The van der Waals surface area contributed by atoms with Gasteiger partial charge in [-0.25, -0.2) is 0 Å². The zero-order valence-electron chi connectivity index (χ0n) is 10.9. The number of non-ortho nitro benzene ring substituents is 1. The van der Waals surface area contributed by atoms with Crippen LogP contribution in [-0.4, -0.2) is 27.0 Å². The minimum atomic E-state index is -0.430. The summed E-state index contributed by atoms with van der Waals surface area (Å²) >= 11 is 0. The van der Waals surface area contributed by atoms with Gasteiger partial charge in [0.15, 0.2) is 0 Å². The molecule has 0 aliphatic heterocycles. The van der Waals surface area contributed by atoms with Crippen molar-refractivity contribution < 1.29 is 9.66 Å². The Bertz CT molecular complexity index is 640. The Morgan fingerprint density at radius 2 is 2.30 bits per heavy atom. The van der Waals surface area contributed by atoms with E-state index in [0.29, 0.717) is 17.0 Å². The Labute approximate surface area is 115 Å². The summed E-state index contributed by atoms with van der Waals surface area (Å²) in [5, 5.41) is 10.7. The smallest absolute Gasteiger partial charge is 0.294 e. The Kier molecular flexibility index (Phi) is 3.27. The molecule has 0 radical (unpaired) electrons. The van der Waals surface area contributed by atoms with Crippen LogP contribution < -0.4 is 10.5 Å². The fraction of sp³-hybridized carbons (Fsp3) is 0.462. The lowest BCUT2D eigenvalue weighted by Crippen LogP contribution is -2.33. The number of benzene rings is 1. The Morgan fingerprint density at radius 3 is 3.05 bits per heavy atom. The molecule has 7 nitrogen and oxygen atoms in total. The largest absolute Gasteiger partial charge is 0.461 e. The second kappa shape index (κ2) is 5.09. The van der Waals surface area contributed by atoms with Gasteiger partial charge in [0.1, 0.15) is 6.10 Å². The summed E-state index contributed by atoms with van der Waals surface area (Å²) in [4.78, 5) is 17.6. The van der Waals surface area contributed by atoms with Crippen LogP contribution >= 0.6 is 0 Å². The zero-order valence-corrected chi connectivity index (χ0v) is 10.9. The monoisotopic (exact) mass is 276 g/mol. The van der Waals surface area contributed by atoms with Gasteiger partial charge in [-0.05, 0) is 31.7 Å². The summed E-state index contributed by atoms with van der Waals surface area (Å²) in [7, 11) is 0. The van der Waals surface area contributed by atoms with Gasteiger partial charge in [0.2, 0.25) is 0 Å². The van der Waals surface area contributed by atoms with Gasteiger partial charge in [-0.2, -0.15) is 4.98 Å². The average Bonchev–Trinajstić information content (AvgIpc) is 2.79. The van der Waals surface area contributed by atoms with E-state index in [2.05, 4.69) is 9.97 Å². The van der Waals surface area contributed by atoms with Gasteiger partial charge in [0, 0.05) is 18.2 Å². The van der Waals surface area contributed by atoms with Crippen LogP contribution in [0.15, 0.2) is 18.2 Å². The average molecular weight is 276 g/mol. The Morgan fingerprint density at radius 1 is 1.45 bits per heavy atom. The van der Waals surface area contributed by atoms with Gasteiger partial charge in [0.25, 0.3) is 11.7 Å². The van der Waals surface area contributed by atoms with Crippen LogP contribution in [0.1, 0.15) is 25.7 Å². The van der Waals surface area contributed by atoms with Crippen molar-refractivity contribution in [2.75, 3.05) is 0 Å². The second-order valence-corrected chi connectivity index (χ2v) is 5.17. The molecule has 0 spiro atoms. The molecule has 1 heterocycles. The molecular formula is C13H16N4O3. The molecule has 1 fully saturated rings. The van der Waals surface area contributed by atoms with E-state index in [1.807, 2.05) is 0 Å². The standard InChI is InChI=1S/C13H16N4O3/c14-8-2-1-3-10(6-8)20-13-15-11-5-4-9(17(18)19)7-12(11)16-13/h4-5,7-8,10H,1-3,6,14H2,(H,15,16). The lowest BCUT2D eigenvalue weighted by molar-refractivity contribution is -0.384. The number of nitrogens with one attached hydrogen (secondary N) is 1. The first-order chi connectivity index (χ1) is 9.61. The van der Waals surface area contributed by atoms with Crippen molar-refractivity contribution in [1.82, 2.24) is 9.97 Å². The molecule has 1 aliphatic rings. The lowest BCUT2D eigenvalue weighted by Gasteiger charge is -2.26. The highest BCUT2D eigenvalue weighted by molar-refractivity contribution is 5.78. The van der Waals surface area contributed by atoms with Crippen molar-refractivity contribution in [1.29, 1.82) is 0 Å². The molecule has 3 N–H and O–H groups in total. The van der Waals surface area contributed by atoms with E-state index >= 15 is 0 Å². The van der Waals surface area contributed by atoms with Crippen molar-refractivity contribution >= 4 is 16.7 Å². The van der Waals surface area contributed by atoms with E-state index in [1.54, 1.807) is 6.07 Å². The third kappa shape index (κ3) is 2.57. The highest BCUT2D eigenvalue weighted by Gasteiger charge is 2.21. The molecule has 0 bridgehead atoms.